The van der Waals surface area contributed by atoms with Crippen LogP contribution in [-0.4, -0.2) is 62.7 Å². The lowest BCUT2D eigenvalue weighted by Crippen LogP contribution is -2.48. The molecule has 0 fully saturated rings. The molecule has 0 saturated carbocycles. The fraction of sp³-hybridized carbons (Fsp3) is 0.833. The monoisotopic (exact) mass is 259 g/mol. The molecule has 0 rings (SSSR count). The average molecular weight is 259 g/mol. The highest BCUT2D eigenvalue weighted by Crippen LogP contribution is 1.91. The molecule has 2 N–H and O–H groups in total. The number of hydrogen-bond acceptors (Lipinski definition) is 4. The van der Waals surface area contributed by atoms with Crippen molar-refractivity contribution in [1.82, 2.24) is 15.5 Å². The molecule has 0 heterocycles. The van der Waals surface area contributed by atoms with Gasteiger partial charge in [0.2, 0.25) is 11.8 Å². The maximum Gasteiger partial charge on any atom is 0.239 e. The molecule has 0 spiro atoms. The van der Waals surface area contributed by atoms with Crippen molar-refractivity contribution in [3.05, 3.63) is 0 Å². The Morgan fingerprint density at radius 2 is 1.94 bits per heavy atom. The summed E-state index contributed by atoms with van der Waals surface area (Å²) in [6, 6.07) is -0.396. The van der Waals surface area contributed by atoms with Gasteiger partial charge in [0.15, 0.2) is 0 Å². The first kappa shape index (κ1) is 16.9. The lowest BCUT2D eigenvalue weighted by Gasteiger charge is -2.21. The fourth-order valence-corrected chi connectivity index (χ4v) is 1.44. The van der Waals surface area contributed by atoms with Gasteiger partial charge in [-0.25, -0.2) is 0 Å². The van der Waals surface area contributed by atoms with E-state index < -0.39 is 0 Å². The molecule has 0 aliphatic carbocycles. The summed E-state index contributed by atoms with van der Waals surface area (Å²) in [5.74, 6) is -0.159. The van der Waals surface area contributed by atoms with Crippen LogP contribution in [0.15, 0.2) is 0 Å². The van der Waals surface area contributed by atoms with Crippen molar-refractivity contribution >= 4 is 11.8 Å². The fourth-order valence-electron chi connectivity index (χ4n) is 1.44. The molecule has 0 radical (unpaired) electrons. The minimum atomic E-state index is -0.363. The van der Waals surface area contributed by atoms with Gasteiger partial charge in [-0.3, -0.25) is 14.9 Å². The topological polar surface area (TPSA) is 70.7 Å². The normalized spacial score (nSPS) is 13.8. The van der Waals surface area contributed by atoms with Crippen molar-refractivity contribution in [2.24, 2.45) is 0 Å². The van der Waals surface area contributed by atoms with Crippen LogP contribution in [0.5, 0.6) is 0 Å². The number of ether oxygens (including phenoxy) is 1. The van der Waals surface area contributed by atoms with E-state index in [0.717, 1.165) is 0 Å². The second-order valence-corrected chi connectivity index (χ2v) is 4.38. The van der Waals surface area contributed by atoms with Gasteiger partial charge in [-0.15, -0.1) is 0 Å². The Morgan fingerprint density at radius 1 is 1.33 bits per heavy atom. The van der Waals surface area contributed by atoms with Gasteiger partial charge < -0.3 is 15.0 Å². The Bertz CT molecular complexity index is 271. The van der Waals surface area contributed by atoms with Gasteiger partial charge in [0, 0.05) is 26.7 Å². The summed E-state index contributed by atoms with van der Waals surface area (Å²) < 4.78 is 4.92. The number of amides is 2. The van der Waals surface area contributed by atoms with Gasteiger partial charge in [0.05, 0.1) is 19.2 Å². The van der Waals surface area contributed by atoms with E-state index in [9.17, 15) is 9.59 Å². The molecule has 0 aromatic rings. The van der Waals surface area contributed by atoms with Crippen LogP contribution >= 0.6 is 0 Å². The molecule has 0 saturated heterocycles. The van der Waals surface area contributed by atoms with E-state index in [4.69, 9.17) is 4.74 Å². The lowest BCUT2D eigenvalue weighted by atomic mass is 10.3. The summed E-state index contributed by atoms with van der Waals surface area (Å²) in [4.78, 5) is 24.9. The van der Waals surface area contributed by atoms with Crippen LogP contribution in [0.1, 0.15) is 20.8 Å². The highest BCUT2D eigenvalue weighted by molar-refractivity contribution is 5.83. The summed E-state index contributed by atoms with van der Waals surface area (Å²) in [5.41, 5.74) is 0. The number of rotatable bonds is 8. The number of likely N-dealkylation sites (N-methyl/N-ethyl adjacent to an activating group) is 1. The molecule has 18 heavy (non-hydrogen) atoms. The Kier molecular flexibility index (Phi) is 8.32. The van der Waals surface area contributed by atoms with Crippen molar-refractivity contribution in [1.29, 1.82) is 0 Å². The standard InChI is InChI=1S/C12H25N3O3/c1-6-15(4)12(17)10(3)13-7-11(16)14-9(2)8-18-5/h9-10,13H,6-8H2,1-5H3,(H,14,16). The third-order valence-electron chi connectivity index (χ3n) is 2.61. The first-order valence-corrected chi connectivity index (χ1v) is 6.19. The molecule has 0 bridgehead atoms. The van der Waals surface area contributed by atoms with E-state index in [1.165, 1.54) is 0 Å². The Balaban J connectivity index is 3.94. The minimum absolute atomic E-state index is 0.0183. The number of carbonyl (C=O) groups excluding carboxylic acids is 2. The zero-order valence-electron chi connectivity index (χ0n) is 11.9. The first-order chi connectivity index (χ1) is 8.42. The number of hydrogen-bond donors (Lipinski definition) is 2. The number of nitrogens with one attached hydrogen (secondary N) is 2. The van der Waals surface area contributed by atoms with E-state index >= 15 is 0 Å². The van der Waals surface area contributed by atoms with Crippen LogP contribution in [0, 0.1) is 0 Å². The third-order valence-corrected chi connectivity index (χ3v) is 2.61. The summed E-state index contributed by atoms with van der Waals surface area (Å²) in [6.45, 7) is 6.77. The summed E-state index contributed by atoms with van der Waals surface area (Å²) in [6.07, 6.45) is 0. The van der Waals surface area contributed by atoms with Crippen LogP contribution in [0.2, 0.25) is 0 Å². The maximum atomic E-state index is 11.7. The molecule has 2 atom stereocenters. The lowest BCUT2D eigenvalue weighted by molar-refractivity contribution is -0.131. The van der Waals surface area contributed by atoms with Crippen molar-refractivity contribution in [2.45, 2.75) is 32.9 Å². The summed E-state index contributed by atoms with van der Waals surface area (Å²) >= 11 is 0. The van der Waals surface area contributed by atoms with Gasteiger partial charge in [0.1, 0.15) is 0 Å². The molecule has 0 aliphatic rings. The van der Waals surface area contributed by atoms with E-state index in [1.807, 2.05) is 13.8 Å². The van der Waals surface area contributed by atoms with Crippen molar-refractivity contribution in [2.75, 3.05) is 33.9 Å². The van der Waals surface area contributed by atoms with E-state index in [-0.39, 0.29) is 30.4 Å². The van der Waals surface area contributed by atoms with Crippen LogP contribution in [0.3, 0.4) is 0 Å². The molecule has 6 heteroatoms. The number of carbonyl (C=O) groups is 2. The van der Waals surface area contributed by atoms with Crippen molar-refractivity contribution < 1.29 is 14.3 Å². The van der Waals surface area contributed by atoms with E-state index in [2.05, 4.69) is 10.6 Å². The molecule has 106 valence electrons. The van der Waals surface area contributed by atoms with Crippen LogP contribution in [-0.2, 0) is 14.3 Å². The Hall–Kier alpha value is -1.14. The van der Waals surface area contributed by atoms with E-state index in [1.54, 1.807) is 26.0 Å². The SMILES string of the molecule is CCN(C)C(=O)C(C)NCC(=O)NC(C)COC. The van der Waals surface area contributed by atoms with Gasteiger partial charge in [-0.2, -0.15) is 0 Å². The summed E-state index contributed by atoms with van der Waals surface area (Å²) in [7, 11) is 3.32. The van der Waals surface area contributed by atoms with Crippen LogP contribution < -0.4 is 10.6 Å². The molecule has 6 nitrogen and oxygen atoms in total. The smallest absolute Gasteiger partial charge is 0.239 e. The summed E-state index contributed by atoms with van der Waals surface area (Å²) in [5, 5.41) is 5.67. The van der Waals surface area contributed by atoms with Gasteiger partial charge in [-0.1, -0.05) is 0 Å². The molecule has 0 aliphatic heterocycles. The molecular weight excluding hydrogens is 234 g/mol. The van der Waals surface area contributed by atoms with Gasteiger partial charge in [0.25, 0.3) is 0 Å². The van der Waals surface area contributed by atoms with Crippen LogP contribution in [0.25, 0.3) is 0 Å². The third kappa shape index (κ3) is 6.56. The zero-order chi connectivity index (χ0) is 14.1. The van der Waals surface area contributed by atoms with Crippen LogP contribution in [0.4, 0.5) is 0 Å². The number of nitrogens with zero attached hydrogens (tertiary/aromatic N) is 1. The molecule has 0 aromatic heterocycles. The van der Waals surface area contributed by atoms with Gasteiger partial charge in [-0.05, 0) is 20.8 Å². The minimum Gasteiger partial charge on any atom is -0.383 e. The average Bonchev–Trinajstić information content (AvgIpc) is 2.34. The highest BCUT2D eigenvalue weighted by atomic mass is 16.5. The zero-order valence-corrected chi connectivity index (χ0v) is 11.9. The second-order valence-electron chi connectivity index (χ2n) is 4.38. The predicted molar refractivity (Wildman–Crippen MR) is 70.3 cm³/mol. The molecular formula is C12H25N3O3. The second kappa shape index (κ2) is 8.88. The molecule has 2 amide bonds. The Labute approximate surface area is 109 Å². The molecule has 2 unspecified atom stereocenters. The quantitative estimate of drug-likeness (QED) is 0.622. The maximum absolute atomic E-state index is 11.7. The highest BCUT2D eigenvalue weighted by Gasteiger charge is 2.17. The van der Waals surface area contributed by atoms with Crippen molar-refractivity contribution in [3.63, 3.8) is 0 Å². The molecule has 0 aromatic carbocycles. The van der Waals surface area contributed by atoms with E-state index in [0.29, 0.717) is 13.2 Å². The van der Waals surface area contributed by atoms with Gasteiger partial charge >= 0.3 is 0 Å². The van der Waals surface area contributed by atoms with Crippen molar-refractivity contribution in [3.8, 4) is 0 Å². The predicted octanol–water partition coefficient (Wildman–Crippen LogP) is -0.406. The Morgan fingerprint density at radius 3 is 2.44 bits per heavy atom. The number of methoxy groups -OCH3 is 1. The first-order valence-electron chi connectivity index (χ1n) is 6.19. The largest absolute Gasteiger partial charge is 0.383 e.